The van der Waals surface area contributed by atoms with Gasteiger partial charge in [-0.1, -0.05) is 78.9 Å². The molecule has 0 spiro atoms. The number of hydrazone groups is 2. The molecule has 4 amide bonds. The molecule has 7 aromatic rings. The molecule has 64 heavy (non-hydrogen) atoms. The van der Waals surface area contributed by atoms with E-state index in [0.717, 1.165) is 21.5 Å². The number of aromatic hydroxyl groups is 2. The molecule has 320 valence electrons. The van der Waals surface area contributed by atoms with E-state index in [1.165, 1.54) is 69.1 Å². The van der Waals surface area contributed by atoms with Crippen LogP contribution < -0.4 is 31.0 Å². The Morgan fingerprint density at radius 2 is 0.938 bits per heavy atom. The van der Waals surface area contributed by atoms with Crippen molar-refractivity contribution in [3.05, 3.63) is 161 Å². The standard InChI is InChI=1S/C49H41N7O8/c1-63-44-32-24-30-8-3-5-10-36(30)42(44)43-37-11-6-4-9-31(37)25-33(45(43)64-2)27-51-56-49(62)41(23-29-16-20-35(58)21-17-29)54-47(60)39-13-7-12-38(52-39)46(59)53-40(48(61)55-50-26-32)22-28-14-18-34(57)19-15-28/h3-21,24-27,40-41,57-58H,22-23H2,1-2H3,(H,53,59)(H,54,60)(H,55,61)(H,56,62)/b50-26+,51-27+/t40-,41-/m0/s1. The first-order valence-corrected chi connectivity index (χ1v) is 20.1. The van der Waals surface area contributed by atoms with Gasteiger partial charge in [-0.15, -0.1) is 0 Å². The smallest absolute Gasteiger partial charge is 0.270 e. The molecule has 2 atom stereocenters. The lowest BCUT2D eigenvalue weighted by Crippen LogP contribution is -2.47. The van der Waals surface area contributed by atoms with E-state index in [2.05, 4.69) is 36.7 Å². The van der Waals surface area contributed by atoms with E-state index in [9.17, 15) is 29.4 Å². The van der Waals surface area contributed by atoms with Gasteiger partial charge >= 0.3 is 0 Å². The summed E-state index contributed by atoms with van der Waals surface area (Å²) in [5.41, 5.74) is 8.34. The number of nitrogens with zero attached hydrogens (tertiary/aromatic N) is 3. The highest BCUT2D eigenvalue weighted by atomic mass is 16.5. The third-order valence-corrected chi connectivity index (χ3v) is 10.7. The van der Waals surface area contributed by atoms with Crippen molar-refractivity contribution in [1.29, 1.82) is 0 Å². The van der Waals surface area contributed by atoms with E-state index in [4.69, 9.17) is 9.47 Å². The molecule has 0 unspecified atom stereocenters. The Balaban J connectivity index is 1.29. The van der Waals surface area contributed by atoms with Gasteiger partial charge in [-0.3, -0.25) is 19.2 Å². The van der Waals surface area contributed by atoms with Crippen molar-refractivity contribution in [2.45, 2.75) is 24.9 Å². The number of hydrogen-bond acceptors (Lipinski definition) is 11. The van der Waals surface area contributed by atoms with Crippen LogP contribution in [0.5, 0.6) is 23.0 Å². The third-order valence-electron chi connectivity index (χ3n) is 10.7. The minimum atomic E-state index is -1.21. The Morgan fingerprint density at radius 1 is 0.531 bits per heavy atom. The fourth-order valence-corrected chi connectivity index (χ4v) is 7.62. The van der Waals surface area contributed by atoms with E-state index in [-0.39, 0.29) is 35.7 Å². The molecule has 6 bridgehead atoms. The molecule has 0 radical (unpaired) electrons. The summed E-state index contributed by atoms with van der Waals surface area (Å²) < 4.78 is 12.3. The number of phenolic OH excluding ortho intramolecular Hbond substituents is 2. The second-order valence-electron chi connectivity index (χ2n) is 14.9. The number of pyridine rings is 1. The summed E-state index contributed by atoms with van der Waals surface area (Å²) >= 11 is 0. The lowest BCUT2D eigenvalue weighted by atomic mass is 9.89. The predicted octanol–water partition coefficient (Wildman–Crippen LogP) is 5.78. The Morgan fingerprint density at radius 3 is 1.34 bits per heavy atom. The maximum atomic E-state index is 14.0. The molecule has 6 N–H and O–H groups in total. The first-order valence-electron chi connectivity index (χ1n) is 20.1. The number of methoxy groups -OCH3 is 2. The quantitative estimate of drug-likeness (QED) is 0.120. The van der Waals surface area contributed by atoms with Crippen molar-refractivity contribution in [2.24, 2.45) is 10.2 Å². The van der Waals surface area contributed by atoms with Gasteiger partial charge in [0.1, 0.15) is 46.5 Å². The van der Waals surface area contributed by atoms with Gasteiger partial charge in [-0.25, -0.2) is 15.8 Å². The number of benzene rings is 6. The van der Waals surface area contributed by atoms with Crippen LogP contribution in [0.1, 0.15) is 43.2 Å². The minimum absolute atomic E-state index is 0.00364. The van der Waals surface area contributed by atoms with E-state index in [0.29, 0.717) is 44.9 Å². The number of amides is 4. The Labute approximate surface area is 366 Å². The van der Waals surface area contributed by atoms with Crippen molar-refractivity contribution < 1.29 is 38.9 Å². The van der Waals surface area contributed by atoms with Crippen LogP contribution in [-0.2, 0) is 22.4 Å². The number of hydrogen-bond donors (Lipinski definition) is 6. The number of carbonyl (C=O) groups excluding carboxylic acids is 4. The Bertz CT molecular complexity index is 2790. The zero-order valence-corrected chi connectivity index (χ0v) is 34.5. The van der Waals surface area contributed by atoms with Crippen LogP contribution in [0.4, 0.5) is 0 Å². The number of nitrogens with one attached hydrogen (secondary N) is 4. The summed E-state index contributed by atoms with van der Waals surface area (Å²) in [7, 11) is 3.07. The number of carbonyl (C=O) groups is 4. The number of phenols is 2. The van der Waals surface area contributed by atoms with E-state index < -0.39 is 35.7 Å². The lowest BCUT2D eigenvalue weighted by Gasteiger charge is -2.21. The number of ether oxygens (including phenoxy) is 2. The molecular weight excluding hydrogens is 815 g/mol. The minimum Gasteiger partial charge on any atom is -0.508 e. The van der Waals surface area contributed by atoms with E-state index in [1.807, 2.05) is 60.7 Å². The Hall–Kier alpha value is -8.59. The summed E-state index contributed by atoms with van der Waals surface area (Å²) in [6.07, 6.45) is 2.90. The SMILES string of the molecule is COc1c2cc3ccccc3c1-c1c(OC)c(cc3ccccc13)/C=N/NC(=O)[C@H](Cc1ccc(O)cc1)NC(=O)c1cccc(n1)C(=O)N[C@@H](Cc1ccc(O)cc1)C(=O)N/N=C/2. The van der Waals surface area contributed by atoms with Gasteiger partial charge in [-0.05, 0) is 81.2 Å². The second kappa shape index (κ2) is 18.6. The highest BCUT2D eigenvalue weighted by Gasteiger charge is 2.27. The Kier molecular flexibility index (Phi) is 12.2. The summed E-state index contributed by atoms with van der Waals surface area (Å²) in [4.78, 5) is 59.9. The molecule has 1 aliphatic rings. The fraction of sp³-hybridized carbons (Fsp3) is 0.122. The van der Waals surface area contributed by atoms with Crippen molar-refractivity contribution in [3.8, 4) is 34.1 Å². The molecule has 0 aliphatic carbocycles. The van der Waals surface area contributed by atoms with Gasteiger partial charge in [-0.2, -0.15) is 10.2 Å². The summed E-state index contributed by atoms with van der Waals surface area (Å²) in [5, 5.41) is 37.2. The third kappa shape index (κ3) is 9.04. The monoisotopic (exact) mass is 855 g/mol. The highest BCUT2D eigenvalue weighted by Crippen LogP contribution is 2.47. The zero-order valence-electron chi connectivity index (χ0n) is 34.5. The van der Waals surface area contributed by atoms with Gasteiger partial charge in [0.25, 0.3) is 23.6 Å². The normalized spacial score (nSPS) is 16.8. The summed E-state index contributed by atoms with van der Waals surface area (Å²) in [6, 6.07) is 33.3. The topological polar surface area (TPSA) is 213 Å². The zero-order chi connectivity index (χ0) is 44.7. The molecule has 0 fully saturated rings. The second-order valence-corrected chi connectivity index (χ2v) is 14.9. The fourth-order valence-electron chi connectivity index (χ4n) is 7.62. The molecule has 1 aromatic heterocycles. The van der Waals surface area contributed by atoms with Gasteiger partial charge in [0.15, 0.2) is 0 Å². The number of aromatic nitrogens is 1. The molecule has 15 nitrogen and oxygen atoms in total. The van der Waals surface area contributed by atoms with Gasteiger partial charge in [0.05, 0.1) is 26.6 Å². The summed E-state index contributed by atoms with van der Waals surface area (Å²) in [6.45, 7) is 0. The average Bonchev–Trinajstić information content (AvgIpc) is 3.31. The summed E-state index contributed by atoms with van der Waals surface area (Å²) in [5.74, 6) is -2.02. The van der Waals surface area contributed by atoms with Crippen LogP contribution in [0, 0.1) is 0 Å². The number of fused-ring (bicyclic) bond motifs is 11. The van der Waals surface area contributed by atoms with Crippen LogP contribution in [0.3, 0.4) is 0 Å². The molecule has 0 saturated heterocycles. The number of rotatable bonds is 6. The van der Waals surface area contributed by atoms with Crippen LogP contribution in [0.15, 0.2) is 138 Å². The highest BCUT2D eigenvalue weighted by molar-refractivity contribution is 6.14. The maximum absolute atomic E-state index is 14.0. The molecule has 8 rings (SSSR count). The molecule has 2 heterocycles. The van der Waals surface area contributed by atoms with Crippen LogP contribution in [-0.4, -0.2) is 77.6 Å². The molecule has 0 saturated carbocycles. The van der Waals surface area contributed by atoms with Crippen molar-refractivity contribution in [1.82, 2.24) is 26.5 Å². The molecule has 1 aliphatic heterocycles. The largest absolute Gasteiger partial charge is 0.508 e. The van der Waals surface area contributed by atoms with Gasteiger partial charge in [0.2, 0.25) is 0 Å². The molecular formula is C49H41N7O8. The van der Waals surface area contributed by atoms with Crippen molar-refractivity contribution in [2.75, 3.05) is 14.2 Å². The van der Waals surface area contributed by atoms with Crippen molar-refractivity contribution >= 4 is 57.6 Å². The van der Waals surface area contributed by atoms with Crippen LogP contribution in [0.25, 0.3) is 32.7 Å². The van der Waals surface area contributed by atoms with Gasteiger partial charge < -0.3 is 30.3 Å². The van der Waals surface area contributed by atoms with E-state index in [1.54, 1.807) is 24.3 Å². The first kappa shape index (κ1) is 42.1. The molecule has 6 aromatic carbocycles. The van der Waals surface area contributed by atoms with Crippen LogP contribution in [0.2, 0.25) is 0 Å². The van der Waals surface area contributed by atoms with E-state index >= 15 is 0 Å². The first-order chi connectivity index (χ1) is 31.1. The predicted molar refractivity (Wildman–Crippen MR) is 242 cm³/mol. The average molecular weight is 856 g/mol. The van der Waals surface area contributed by atoms with Crippen molar-refractivity contribution in [3.63, 3.8) is 0 Å². The maximum Gasteiger partial charge on any atom is 0.270 e. The van der Waals surface area contributed by atoms with Crippen LogP contribution >= 0.6 is 0 Å². The molecule has 15 heteroatoms. The lowest BCUT2D eigenvalue weighted by molar-refractivity contribution is -0.123. The van der Waals surface area contributed by atoms with Gasteiger partial charge in [0, 0.05) is 35.1 Å².